The Kier molecular flexibility index (Phi) is 8.34. The Morgan fingerprint density at radius 3 is 2.14 bits per heavy atom. The summed E-state index contributed by atoms with van der Waals surface area (Å²) in [4.78, 5) is 22.1. The lowest BCUT2D eigenvalue weighted by Gasteiger charge is -2.22. The van der Waals surface area contributed by atoms with Crippen molar-refractivity contribution in [2.24, 2.45) is 0 Å². The van der Waals surface area contributed by atoms with E-state index in [2.05, 4.69) is 4.98 Å². The molecule has 9 nitrogen and oxygen atoms in total. The molecule has 0 N–H and O–H groups in total. The minimum Gasteiger partial charge on any atom is -0.308 e. The first-order chi connectivity index (χ1) is 17.5. The van der Waals surface area contributed by atoms with Crippen LogP contribution in [0.25, 0.3) is 10.2 Å². The summed E-state index contributed by atoms with van der Waals surface area (Å²) in [5, 5.41) is 0.453. The molecule has 2 heterocycles. The van der Waals surface area contributed by atoms with Crippen LogP contribution in [0.1, 0.15) is 36.0 Å². The molecule has 1 saturated heterocycles. The summed E-state index contributed by atoms with van der Waals surface area (Å²) < 4.78 is 52.4. The molecule has 0 bridgehead atoms. The zero-order valence-electron chi connectivity index (χ0n) is 21.3. The molecule has 1 aliphatic rings. The minimum absolute atomic E-state index is 0.180. The molecular formula is C25H32N4O5S3. The molecule has 0 unspecified atom stereocenters. The van der Waals surface area contributed by atoms with Gasteiger partial charge in [-0.15, -0.1) is 0 Å². The lowest BCUT2D eigenvalue weighted by molar-refractivity contribution is 0.0985. The Morgan fingerprint density at radius 1 is 0.919 bits per heavy atom. The number of sulfone groups is 1. The summed E-state index contributed by atoms with van der Waals surface area (Å²) in [6, 6.07) is 10.8. The van der Waals surface area contributed by atoms with Crippen LogP contribution in [0.15, 0.2) is 52.3 Å². The zero-order valence-corrected chi connectivity index (χ0v) is 23.7. The van der Waals surface area contributed by atoms with E-state index < -0.39 is 19.9 Å². The number of sulfonamides is 1. The molecule has 37 heavy (non-hydrogen) atoms. The van der Waals surface area contributed by atoms with Crippen LogP contribution in [0.4, 0.5) is 5.13 Å². The van der Waals surface area contributed by atoms with E-state index in [1.807, 2.05) is 19.0 Å². The number of rotatable bonds is 8. The standard InChI is InChI=1S/C25H32N4O5S3/c1-27(2)16-17-29(25-26-22-13-12-21(36(3,31)32)18-23(22)35-25)24(30)19-8-10-20(11-9-19)37(33,34)28-14-6-4-5-7-15-28/h8-13,18H,4-7,14-17H2,1-3H3. The van der Waals surface area contributed by atoms with Gasteiger partial charge in [0.15, 0.2) is 15.0 Å². The highest BCUT2D eigenvalue weighted by Crippen LogP contribution is 2.32. The van der Waals surface area contributed by atoms with Crippen molar-refractivity contribution in [3.05, 3.63) is 48.0 Å². The van der Waals surface area contributed by atoms with Crippen LogP contribution in [0, 0.1) is 0 Å². The van der Waals surface area contributed by atoms with Crippen LogP contribution in [0.3, 0.4) is 0 Å². The predicted molar refractivity (Wildman–Crippen MR) is 147 cm³/mol. The van der Waals surface area contributed by atoms with Gasteiger partial charge in [-0.25, -0.2) is 21.8 Å². The third-order valence-corrected chi connectivity index (χ3v) is 10.4. The van der Waals surface area contributed by atoms with Gasteiger partial charge in [-0.3, -0.25) is 9.69 Å². The number of amides is 1. The van der Waals surface area contributed by atoms with Gasteiger partial charge in [-0.05, 0) is 69.4 Å². The van der Waals surface area contributed by atoms with Gasteiger partial charge in [0.2, 0.25) is 10.0 Å². The van der Waals surface area contributed by atoms with Crippen molar-refractivity contribution in [3.8, 4) is 0 Å². The molecule has 3 aromatic rings. The molecule has 0 saturated carbocycles. The van der Waals surface area contributed by atoms with Crippen LogP contribution >= 0.6 is 11.3 Å². The normalized spacial score (nSPS) is 15.7. The molecular weight excluding hydrogens is 532 g/mol. The monoisotopic (exact) mass is 564 g/mol. The highest BCUT2D eigenvalue weighted by molar-refractivity contribution is 7.90. The van der Waals surface area contributed by atoms with Gasteiger partial charge < -0.3 is 4.90 Å². The summed E-state index contributed by atoms with van der Waals surface area (Å²) in [5.41, 5.74) is 0.957. The number of carbonyl (C=O) groups is 1. The van der Waals surface area contributed by atoms with E-state index in [0.717, 1.165) is 31.9 Å². The number of aromatic nitrogens is 1. The Hall–Kier alpha value is -2.38. The molecule has 0 aliphatic carbocycles. The van der Waals surface area contributed by atoms with E-state index in [9.17, 15) is 21.6 Å². The summed E-state index contributed by atoms with van der Waals surface area (Å²) >= 11 is 1.25. The first-order valence-corrected chi connectivity index (χ1v) is 16.3. The van der Waals surface area contributed by atoms with Gasteiger partial charge in [0.1, 0.15) is 0 Å². The molecule has 2 aromatic carbocycles. The summed E-state index contributed by atoms with van der Waals surface area (Å²) in [5.74, 6) is -0.303. The van der Waals surface area contributed by atoms with Crippen LogP contribution < -0.4 is 4.90 Å². The first-order valence-electron chi connectivity index (χ1n) is 12.1. The van der Waals surface area contributed by atoms with Crippen molar-refractivity contribution >= 4 is 52.5 Å². The summed E-state index contributed by atoms with van der Waals surface area (Å²) in [6.45, 7) is 1.97. The number of hydrogen-bond acceptors (Lipinski definition) is 8. The fourth-order valence-corrected chi connectivity index (χ4v) is 7.45. The van der Waals surface area contributed by atoms with E-state index in [1.54, 1.807) is 29.2 Å². The van der Waals surface area contributed by atoms with Crippen molar-refractivity contribution < 1.29 is 21.6 Å². The highest BCUT2D eigenvalue weighted by atomic mass is 32.2. The fraction of sp³-hybridized carbons (Fsp3) is 0.440. The number of thiazole rings is 1. The molecule has 0 radical (unpaired) electrons. The lowest BCUT2D eigenvalue weighted by atomic mass is 10.2. The molecule has 1 aromatic heterocycles. The number of fused-ring (bicyclic) bond motifs is 1. The van der Waals surface area contributed by atoms with Crippen molar-refractivity contribution in [3.63, 3.8) is 0 Å². The van der Waals surface area contributed by atoms with Crippen molar-refractivity contribution in [1.82, 2.24) is 14.2 Å². The average molecular weight is 565 g/mol. The number of carbonyl (C=O) groups excluding carboxylic acids is 1. The molecule has 1 fully saturated rings. The predicted octanol–water partition coefficient (Wildman–Crippen LogP) is 3.47. The van der Waals surface area contributed by atoms with Crippen LogP contribution in [-0.4, -0.2) is 83.5 Å². The fourth-order valence-electron chi connectivity index (χ4n) is 4.18. The molecule has 4 rings (SSSR count). The Balaban J connectivity index is 1.63. The molecule has 0 atom stereocenters. The van der Waals surface area contributed by atoms with Crippen molar-refractivity contribution in [1.29, 1.82) is 0 Å². The quantitative estimate of drug-likeness (QED) is 0.412. The van der Waals surface area contributed by atoms with E-state index >= 15 is 0 Å². The molecule has 1 amide bonds. The van der Waals surface area contributed by atoms with Gasteiger partial charge in [0.25, 0.3) is 5.91 Å². The van der Waals surface area contributed by atoms with Crippen molar-refractivity contribution in [2.75, 3.05) is 51.4 Å². The number of benzene rings is 2. The first kappa shape index (κ1) is 27.6. The van der Waals surface area contributed by atoms with Gasteiger partial charge in [0.05, 0.1) is 20.0 Å². The Bertz CT molecular complexity index is 1470. The van der Waals surface area contributed by atoms with E-state index in [4.69, 9.17) is 0 Å². The Labute approximate surface area is 222 Å². The average Bonchev–Trinajstić information content (AvgIpc) is 3.06. The van der Waals surface area contributed by atoms with Crippen LogP contribution in [0.2, 0.25) is 0 Å². The largest absolute Gasteiger partial charge is 0.308 e. The topological polar surface area (TPSA) is 108 Å². The molecule has 0 spiro atoms. The van der Waals surface area contributed by atoms with Crippen molar-refractivity contribution in [2.45, 2.75) is 35.5 Å². The second-order valence-electron chi connectivity index (χ2n) is 9.50. The molecule has 200 valence electrons. The summed E-state index contributed by atoms with van der Waals surface area (Å²) in [7, 11) is -3.18. The third kappa shape index (κ3) is 6.37. The smallest absolute Gasteiger partial charge is 0.260 e. The maximum Gasteiger partial charge on any atom is 0.260 e. The molecule has 12 heteroatoms. The Morgan fingerprint density at radius 2 is 1.54 bits per heavy atom. The molecule has 1 aliphatic heterocycles. The second kappa shape index (κ2) is 11.2. The number of anilines is 1. The van der Waals surface area contributed by atoms with Gasteiger partial charge in [-0.2, -0.15) is 4.31 Å². The van der Waals surface area contributed by atoms with Crippen LogP contribution in [0.5, 0.6) is 0 Å². The van der Waals surface area contributed by atoms with Gasteiger partial charge in [0, 0.05) is 38.0 Å². The lowest BCUT2D eigenvalue weighted by Crippen LogP contribution is -2.36. The van der Waals surface area contributed by atoms with Gasteiger partial charge in [-0.1, -0.05) is 24.2 Å². The second-order valence-corrected chi connectivity index (χ2v) is 14.5. The summed E-state index contributed by atoms with van der Waals surface area (Å²) in [6.07, 6.45) is 4.92. The maximum atomic E-state index is 13.6. The third-order valence-electron chi connectivity index (χ3n) is 6.33. The number of hydrogen-bond donors (Lipinski definition) is 0. The van der Waals surface area contributed by atoms with Gasteiger partial charge >= 0.3 is 0 Å². The van der Waals surface area contributed by atoms with Crippen LogP contribution in [-0.2, 0) is 19.9 Å². The zero-order chi connectivity index (χ0) is 26.8. The van der Waals surface area contributed by atoms with E-state index in [-0.39, 0.29) is 15.7 Å². The number of likely N-dealkylation sites (N-methyl/N-ethyl adjacent to an activating group) is 1. The SMILES string of the molecule is CN(C)CCN(C(=O)c1ccc(S(=O)(=O)N2CCCCCC2)cc1)c1nc2ccc(S(C)(=O)=O)cc2s1. The minimum atomic E-state index is -3.61. The number of nitrogens with zero attached hydrogens (tertiary/aromatic N) is 4. The van der Waals surface area contributed by atoms with E-state index in [1.165, 1.54) is 33.8 Å². The van der Waals surface area contributed by atoms with E-state index in [0.29, 0.717) is 47.1 Å². The maximum absolute atomic E-state index is 13.6. The highest BCUT2D eigenvalue weighted by Gasteiger charge is 2.27.